The van der Waals surface area contributed by atoms with Gasteiger partial charge in [0.2, 0.25) is 0 Å². The SMILES string of the molecule is FC(F)(F)Oc1ccc(-c2cc(-n3ccc(C(F)(F)F)n3)c3ccccc3n2)cc1. The fourth-order valence-electron chi connectivity index (χ4n) is 2.93. The smallest absolute Gasteiger partial charge is 0.406 e. The van der Waals surface area contributed by atoms with E-state index in [4.69, 9.17) is 0 Å². The summed E-state index contributed by atoms with van der Waals surface area (Å²) in [7, 11) is 0. The zero-order valence-electron chi connectivity index (χ0n) is 14.9. The number of ether oxygens (including phenoxy) is 1. The number of pyridine rings is 1. The number of hydrogen-bond donors (Lipinski definition) is 0. The van der Waals surface area contributed by atoms with Crippen LogP contribution in [-0.4, -0.2) is 21.1 Å². The predicted octanol–water partition coefficient (Wildman–Crippen LogP) is 6.00. The third kappa shape index (κ3) is 4.07. The Morgan fingerprint density at radius 3 is 2.17 bits per heavy atom. The van der Waals surface area contributed by atoms with Crippen LogP contribution in [0.2, 0.25) is 0 Å². The van der Waals surface area contributed by atoms with Gasteiger partial charge in [-0.3, -0.25) is 0 Å². The second-order valence-corrected chi connectivity index (χ2v) is 6.26. The molecule has 0 atom stereocenters. The standard InChI is InChI=1S/C20H11F6N3O/c21-19(22,23)18-9-10-29(28-18)17-11-16(27-15-4-2-1-3-14(15)17)12-5-7-13(8-6-12)30-20(24,25)26/h1-11H. The average molecular weight is 423 g/mol. The maximum absolute atomic E-state index is 13.0. The van der Waals surface area contributed by atoms with Crippen molar-refractivity contribution in [1.82, 2.24) is 14.8 Å². The molecule has 0 aliphatic heterocycles. The molecule has 4 nitrogen and oxygen atoms in total. The number of halogens is 6. The minimum atomic E-state index is -4.81. The van der Waals surface area contributed by atoms with Crippen LogP contribution in [0, 0.1) is 0 Å². The minimum absolute atomic E-state index is 0.349. The normalized spacial score (nSPS) is 12.3. The number of para-hydroxylation sites is 1. The molecular formula is C20H11F6N3O. The van der Waals surface area contributed by atoms with E-state index in [0.29, 0.717) is 27.8 Å². The van der Waals surface area contributed by atoms with Crippen LogP contribution < -0.4 is 4.74 Å². The van der Waals surface area contributed by atoms with Gasteiger partial charge in [-0.15, -0.1) is 13.2 Å². The first kappa shape index (κ1) is 19.7. The van der Waals surface area contributed by atoms with E-state index in [1.807, 2.05) is 0 Å². The lowest BCUT2D eigenvalue weighted by Crippen LogP contribution is -2.16. The molecule has 0 unspecified atom stereocenters. The molecule has 0 radical (unpaired) electrons. The molecule has 0 saturated heterocycles. The van der Waals surface area contributed by atoms with Gasteiger partial charge in [-0.1, -0.05) is 18.2 Å². The van der Waals surface area contributed by atoms with Crippen molar-refractivity contribution in [3.8, 4) is 22.7 Å². The zero-order valence-corrected chi connectivity index (χ0v) is 14.9. The Balaban J connectivity index is 1.80. The first-order valence-electron chi connectivity index (χ1n) is 8.49. The second kappa shape index (κ2) is 7.05. The van der Waals surface area contributed by atoms with E-state index in [9.17, 15) is 26.3 Å². The molecule has 2 aromatic heterocycles. The van der Waals surface area contributed by atoms with Crippen LogP contribution in [0.5, 0.6) is 5.75 Å². The van der Waals surface area contributed by atoms with Crippen molar-refractivity contribution < 1.29 is 31.1 Å². The molecule has 0 saturated carbocycles. The third-order valence-electron chi connectivity index (χ3n) is 4.20. The lowest BCUT2D eigenvalue weighted by atomic mass is 10.1. The van der Waals surface area contributed by atoms with Gasteiger partial charge in [0.1, 0.15) is 5.75 Å². The van der Waals surface area contributed by atoms with Crippen molar-refractivity contribution in [1.29, 1.82) is 0 Å². The Morgan fingerprint density at radius 2 is 1.53 bits per heavy atom. The fourth-order valence-corrected chi connectivity index (χ4v) is 2.93. The van der Waals surface area contributed by atoms with Gasteiger partial charge in [0.25, 0.3) is 0 Å². The molecule has 4 aromatic rings. The Kier molecular flexibility index (Phi) is 4.64. The Labute approximate surface area is 165 Å². The minimum Gasteiger partial charge on any atom is -0.406 e. The van der Waals surface area contributed by atoms with E-state index < -0.39 is 24.0 Å². The van der Waals surface area contributed by atoms with Crippen LogP contribution >= 0.6 is 0 Å². The van der Waals surface area contributed by atoms with E-state index in [2.05, 4.69) is 14.8 Å². The summed E-state index contributed by atoms with van der Waals surface area (Å²) in [6, 6.07) is 14.2. The third-order valence-corrected chi connectivity index (χ3v) is 4.20. The molecule has 0 aliphatic rings. The van der Waals surface area contributed by atoms with Gasteiger partial charge in [0.05, 0.1) is 16.9 Å². The fraction of sp³-hybridized carbons (Fsp3) is 0.100. The Hall–Kier alpha value is -3.56. The summed E-state index contributed by atoms with van der Waals surface area (Å²) < 4.78 is 80.8. The largest absolute Gasteiger partial charge is 0.573 e. The molecule has 0 amide bonds. The highest BCUT2D eigenvalue weighted by Gasteiger charge is 2.34. The summed E-state index contributed by atoms with van der Waals surface area (Å²) in [5.74, 6) is -0.394. The quantitative estimate of drug-likeness (QED) is 0.379. The molecule has 4 rings (SSSR count). The van der Waals surface area contributed by atoms with Crippen molar-refractivity contribution in [3.63, 3.8) is 0 Å². The van der Waals surface area contributed by atoms with E-state index in [0.717, 1.165) is 22.9 Å². The van der Waals surface area contributed by atoms with Gasteiger partial charge in [0.15, 0.2) is 5.69 Å². The Morgan fingerprint density at radius 1 is 0.833 bits per heavy atom. The molecule has 0 fully saturated rings. The lowest BCUT2D eigenvalue weighted by Gasteiger charge is -2.12. The number of hydrogen-bond acceptors (Lipinski definition) is 3. The molecule has 30 heavy (non-hydrogen) atoms. The summed E-state index contributed by atoms with van der Waals surface area (Å²) >= 11 is 0. The first-order chi connectivity index (χ1) is 14.1. The van der Waals surface area contributed by atoms with E-state index in [-0.39, 0.29) is 0 Å². The highest BCUT2D eigenvalue weighted by molar-refractivity contribution is 5.89. The molecule has 0 spiro atoms. The summed E-state index contributed by atoms with van der Waals surface area (Å²) in [4.78, 5) is 4.47. The van der Waals surface area contributed by atoms with E-state index >= 15 is 0 Å². The van der Waals surface area contributed by atoms with Crippen molar-refractivity contribution in [2.45, 2.75) is 12.5 Å². The molecule has 154 valence electrons. The van der Waals surface area contributed by atoms with E-state index in [1.165, 1.54) is 24.4 Å². The monoisotopic (exact) mass is 423 g/mol. The number of alkyl halides is 6. The van der Waals surface area contributed by atoms with Crippen molar-refractivity contribution >= 4 is 10.9 Å². The number of fused-ring (bicyclic) bond motifs is 1. The highest BCUT2D eigenvalue weighted by Crippen LogP contribution is 2.32. The summed E-state index contributed by atoms with van der Waals surface area (Å²) in [5.41, 5.74) is 0.607. The van der Waals surface area contributed by atoms with Gasteiger partial charge in [-0.25, -0.2) is 9.67 Å². The number of benzene rings is 2. The van der Waals surface area contributed by atoms with Crippen molar-refractivity contribution in [2.24, 2.45) is 0 Å². The van der Waals surface area contributed by atoms with Crippen LogP contribution in [0.3, 0.4) is 0 Å². The number of rotatable bonds is 3. The van der Waals surface area contributed by atoms with Crippen molar-refractivity contribution in [2.75, 3.05) is 0 Å². The Bertz CT molecular complexity index is 1200. The second-order valence-electron chi connectivity index (χ2n) is 6.26. The van der Waals surface area contributed by atoms with Crippen LogP contribution in [0.15, 0.2) is 66.9 Å². The highest BCUT2D eigenvalue weighted by atomic mass is 19.4. The molecule has 0 bridgehead atoms. The molecule has 2 heterocycles. The van der Waals surface area contributed by atoms with Crippen LogP contribution in [-0.2, 0) is 6.18 Å². The summed E-state index contributed by atoms with van der Waals surface area (Å²) in [6.45, 7) is 0. The number of aromatic nitrogens is 3. The number of nitrogens with zero attached hydrogens (tertiary/aromatic N) is 3. The predicted molar refractivity (Wildman–Crippen MR) is 96.0 cm³/mol. The van der Waals surface area contributed by atoms with Gasteiger partial charge in [-0.2, -0.15) is 18.3 Å². The van der Waals surface area contributed by atoms with Crippen LogP contribution in [0.4, 0.5) is 26.3 Å². The van der Waals surface area contributed by atoms with Gasteiger partial charge >= 0.3 is 12.5 Å². The molecule has 0 aliphatic carbocycles. The molecule has 2 aromatic carbocycles. The summed E-state index contributed by atoms with van der Waals surface area (Å²) in [6.07, 6.45) is -8.22. The maximum atomic E-state index is 13.0. The van der Waals surface area contributed by atoms with E-state index in [1.54, 1.807) is 24.3 Å². The average Bonchev–Trinajstić information content (AvgIpc) is 3.17. The summed E-state index contributed by atoms with van der Waals surface area (Å²) in [5, 5.41) is 4.17. The zero-order chi connectivity index (χ0) is 21.5. The topological polar surface area (TPSA) is 39.9 Å². The van der Waals surface area contributed by atoms with Gasteiger partial charge < -0.3 is 4.74 Å². The van der Waals surface area contributed by atoms with Crippen molar-refractivity contribution in [3.05, 3.63) is 72.6 Å². The van der Waals surface area contributed by atoms with Crippen LogP contribution in [0.1, 0.15) is 5.69 Å². The van der Waals surface area contributed by atoms with Gasteiger partial charge in [-0.05, 0) is 42.5 Å². The first-order valence-corrected chi connectivity index (χ1v) is 8.49. The molecule has 0 N–H and O–H groups in total. The molecular weight excluding hydrogens is 412 g/mol. The van der Waals surface area contributed by atoms with Gasteiger partial charge in [0, 0.05) is 17.1 Å². The lowest BCUT2D eigenvalue weighted by molar-refractivity contribution is -0.274. The maximum Gasteiger partial charge on any atom is 0.573 e. The van der Waals surface area contributed by atoms with Crippen LogP contribution in [0.25, 0.3) is 27.8 Å². The molecule has 10 heteroatoms.